The molecule has 8 heteroatoms. The van der Waals surface area contributed by atoms with Crippen LogP contribution in [0, 0.1) is 6.92 Å². The van der Waals surface area contributed by atoms with Crippen LogP contribution in [-0.2, 0) is 11.3 Å². The number of carbonyl (C=O) groups excluding carboxylic acids is 2. The van der Waals surface area contributed by atoms with Gasteiger partial charge in [-0.25, -0.2) is 4.98 Å². The highest BCUT2D eigenvalue weighted by Gasteiger charge is 2.19. The molecule has 0 aliphatic heterocycles. The number of fused-ring (bicyclic) bond motifs is 1. The molecule has 2 amide bonds. The summed E-state index contributed by atoms with van der Waals surface area (Å²) < 4.78 is 1.52. The molecule has 3 aromatic rings. The Bertz CT molecular complexity index is 1050. The number of aromatic nitrogens is 2. The van der Waals surface area contributed by atoms with Crippen LogP contribution in [0.4, 0.5) is 11.4 Å². The third kappa shape index (κ3) is 3.36. The van der Waals surface area contributed by atoms with Crippen LogP contribution in [0.1, 0.15) is 29.1 Å². The van der Waals surface area contributed by atoms with Crippen molar-refractivity contribution in [3.05, 3.63) is 51.4 Å². The van der Waals surface area contributed by atoms with Gasteiger partial charge in [-0.2, -0.15) is 0 Å². The Hall–Kier alpha value is -3.00. The van der Waals surface area contributed by atoms with E-state index in [0.717, 1.165) is 0 Å². The molecule has 2 heterocycles. The molecular weight excluding hydrogens is 352 g/mol. The van der Waals surface area contributed by atoms with Gasteiger partial charge in [0.2, 0.25) is 5.91 Å². The second-order valence-corrected chi connectivity index (χ2v) is 6.78. The van der Waals surface area contributed by atoms with Crippen LogP contribution in [0.3, 0.4) is 0 Å². The van der Waals surface area contributed by atoms with Gasteiger partial charge < -0.3 is 10.6 Å². The molecule has 134 valence electrons. The molecule has 3 rings (SSSR count). The van der Waals surface area contributed by atoms with Crippen LogP contribution in [0.15, 0.2) is 35.4 Å². The number of nitrogens with one attached hydrogen (secondary N) is 2. The summed E-state index contributed by atoms with van der Waals surface area (Å²) in [5, 5.41) is 5.97. The predicted molar refractivity (Wildman–Crippen MR) is 103 cm³/mol. The summed E-state index contributed by atoms with van der Waals surface area (Å²) in [5.74, 6) is -0.451. The third-order valence-electron chi connectivity index (χ3n) is 3.93. The first-order chi connectivity index (χ1) is 12.4. The maximum atomic E-state index is 12.6. The first-order valence-electron chi connectivity index (χ1n) is 8.08. The highest BCUT2D eigenvalue weighted by molar-refractivity contribution is 7.20. The van der Waals surface area contributed by atoms with Crippen molar-refractivity contribution < 1.29 is 9.59 Å². The molecule has 26 heavy (non-hydrogen) atoms. The standard InChI is InChI=1S/C18H18N4O3S/c1-4-22-9-19-17-14(18(22)25)10(2)15(26-17)16(24)21-13-7-5-12(6-8-13)20-11(3)23/h5-9H,4H2,1-3H3,(H,20,23)(H,21,24). The largest absolute Gasteiger partial charge is 0.326 e. The van der Waals surface area contributed by atoms with Gasteiger partial charge in [0, 0.05) is 24.8 Å². The Balaban J connectivity index is 1.88. The van der Waals surface area contributed by atoms with Crippen molar-refractivity contribution in [3.63, 3.8) is 0 Å². The molecule has 0 bridgehead atoms. The van der Waals surface area contributed by atoms with Gasteiger partial charge in [-0.05, 0) is 43.7 Å². The van der Waals surface area contributed by atoms with Gasteiger partial charge in [0.15, 0.2) is 0 Å². The fraction of sp³-hybridized carbons (Fsp3) is 0.222. The van der Waals surface area contributed by atoms with Crippen molar-refractivity contribution in [2.75, 3.05) is 10.6 Å². The van der Waals surface area contributed by atoms with Crippen LogP contribution < -0.4 is 16.2 Å². The lowest BCUT2D eigenvalue weighted by Crippen LogP contribution is -2.19. The number of hydrogen-bond acceptors (Lipinski definition) is 5. The van der Waals surface area contributed by atoms with Crippen molar-refractivity contribution in [2.24, 2.45) is 0 Å². The maximum absolute atomic E-state index is 12.6. The number of amides is 2. The minimum Gasteiger partial charge on any atom is -0.326 e. The summed E-state index contributed by atoms with van der Waals surface area (Å²) >= 11 is 1.20. The smallest absolute Gasteiger partial charge is 0.266 e. The highest BCUT2D eigenvalue weighted by Crippen LogP contribution is 2.27. The van der Waals surface area contributed by atoms with Crippen molar-refractivity contribution >= 4 is 44.7 Å². The Morgan fingerprint density at radius 2 is 1.77 bits per heavy atom. The number of hydrogen-bond donors (Lipinski definition) is 2. The van der Waals surface area contributed by atoms with Crippen LogP contribution in [0.2, 0.25) is 0 Å². The molecule has 0 spiro atoms. The summed E-state index contributed by atoms with van der Waals surface area (Å²) in [4.78, 5) is 41.4. The van der Waals surface area contributed by atoms with Gasteiger partial charge in [0.05, 0.1) is 16.6 Å². The number of benzene rings is 1. The number of carbonyl (C=O) groups is 2. The summed E-state index contributed by atoms with van der Waals surface area (Å²) in [5.41, 5.74) is 1.75. The van der Waals surface area contributed by atoms with E-state index in [2.05, 4.69) is 15.6 Å². The van der Waals surface area contributed by atoms with Gasteiger partial charge in [-0.15, -0.1) is 11.3 Å². The SMILES string of the molecule is CCn1cnc2sc(C(=O)Nc3ccc(NC(C)=O)cc3)c(C)c2c1=O. The molecule has 7 nitrogen and oxygen atoms in total. The molecule has 0 saturated heterocycles. The quantitative estimate of drug-likeness (QED) is 0.738. The molecule has 2 aromatic heterocycles. The maximum Gasteiger partial charge on any atom is 0.266 e. The summed E-state index contributed by atoms with van der Waals surface area (Å²) in [6, 6.07) is 6.81. The Morgan fingerprint density at radius 3 is 2.35 bits per heavy atom. The molecule has 0 saturated carbocycles. The molecular formula is C18H18N4O3S. The fourth-order valence-electron chi connectivity index (χ4n) is 2.63. The first-order valence-corrected chi connectivity index (χ1v) is 8.90. The molecule has 0 aliphatic carbocycles. The van der Waals surface area contributed by atoms with Crippen molar-refractivity contribution in [2.45, 2.75) is 27.3 Å². The molecule has 0 aliphatic rings. The van der Waals surface area contributed by atoms with Crippen molar-refractivity contribution in [3.8, 4) is 0 Å². The molecule has 0 fully saturated rings. The summed E-state index contributed by atoms with van der Waals surface area (Å²) in [7, 11) is 0. The Morgan fingerprint density at radius 1 is 1.15 bits per heavy atom. The number of thiophene rings is 1. The minimum atomic E-state index is -0.291. The van der Waals surface area contributed by atoms with E-state index in [-0.39, 0.29) is 17.4 Å². The number of aryl methyl sites for hydroxylation is 2. The van der Waals surface area contributed by atoms with E-state index >= 15 is 0 Å². The fourth-order valence-corrected chi connectivity index (χ4v) is 3.66. The van der Waals surface area contributed by atoms with E-state index in [1.807, 2.05) is 6.92 Å². The van der Waals surface area contributed by atoms with Crippen molar-refractivity contribution in [1.82, 2.24) is 9.55 Å². The number of nitrogens with zero attached hydrogens (tertiary/aromatic N) is 2. The summed E-state index contributed by atoms with van der Waals surface area (Å²) in [6.45, 7) is 5.59. The van der Waals surface area contributed by atoms with Crippen LogP contribution >= 0.6 is 11.3 Å². The molecule has 0 unspecified atom stereocenters. The number of rotatable bonds is 4. The monoisotopic (exact) mass is 370 g/mol. The lowest BCUT2D eigenvalue weighted by molar-refractivity contribution is -0.114. The average molecular weight is 370 g/mol. The van der Waals surface area contributed by atoms with Crippen LogP contribution in [0.5, 0.6) is 0 Å². The third-order valence-corrected chi connectivity index (χ3v) is 5.13. The van der Waals surface area contributed by atoms with E-state index in [4.69, 9.17) is 0 Å². The van der Waals surface area contributed by atoms with Crippen LogP contribution in [0.25, 0.3) is 10.2 Å². The number of anilines is 2. The topological polar surface area (TPSA) is 93.1 Å². The molecule has 1 aromatic carbocycles. The lowest BCUT2D eigenvalue weighted by atomic mass is 10.2. The normalized spacial score (nSPS) is 10.7. The van der Waals surface area contributed by atoms with E-state index in [9.17, 15) is 14.4 Å². The Labute approximate surface area is 153 Å². The van der Waals surface area contributed by atoms with E-state index < -0.39 is 0 Å². The second-order valence-electron chi connectivity index (χ2n) is 5.78. The zero-order chi connectivity index (χ0) is 18.8. The lowest BCUT2D eigenvalue weighted by Gasteiger charge is -2.06. The van der Waals surface area contributed by atoms with Gasteiger partial charge in [0.25, 0.3) is 11.5 Å². The molecule has 2 N–H and O–H groups in total. The van der Waals surface area contributed by atoms with E-state index in [1.54, 1.807) is 31.2 Å². The molecule has 0 atom stereocenters. The summed E-state index contributed by atoms with van der Waals surface area (Å²) in [6.07, 6.45) is 1.50. The predicted octanol–water partition coefficient (Wildman–Crippen LogP) is 3.00. The van der Waals surface area contributed by atoms with Gasteiger partial charge >= 0.3 is 0 Å². The van der Waals surface area contributed by atoms with Crippen LogP contribution in [-0.4, -0.2) is 21.4 Å². The average Bonchev–Trinajstić information content (AvgIpc) is 2.94. The first kappa shape index (κ1) is 17.8. The molecule has 0 radical (unpaired) electrons. The minimum absolute atomic E-state index is 0.134. The zero-order valence-electron chi connectivity index (χ0n) is 14.6. The van der Waals surface area contributed by atoms with Gasteiger partial charge in [-0.3, -0.25) is 19.0 Å². The second kappa shape index (κ2) is 7.09. The van der Waals surface area contributed by atoms with E-state index in [1.165, 1.54) is 29.2 Å². The van der Waals surface area contributed by atoms with E-state index in [0.29, 0.717) is 38.6 Å². The highest BCUT2D eigenvalue weighted by atomic mass is 32.1. The Kier molecular flexibility index (Phi) is 4.85. The van der Waals surface area contributed by atoms with Gasteiger partial charge in [-0.1, -0.05) is 0 Å². The zero-order valence-corrected chi connectivity index (χ0v) is 15.4. The van der Waals surface area contributed by atoms with Gasteiger partial charge in [0.1, 0.15) is 4.83 Å². The van der Waals surface area contributed by atoms with Crippen molar-refractivity contribution in [1.29, 1.82) is 0 Å².